The highest BCUT2D eigenvalue weighted by Gasteiger charge is 2.15. The van der Waals surface area contributed by atoms with Gasteiger partial charge in [0.1, 0.15) is 0 Å². The Morgan fingerprint density at radius 3 is 2.42 bits per heavy atom. The van der Waals surface area contributed by atoms with Gasteiger partial charge in [-0.2, -0.15) is 0 Å². The van der Waals surface area contributed by atoms with Crippen molar-refractivity contribution in [2.24, 2.45) is 0 Å². The van der Waals surface area contributed by atoms with Crippen molar-refractivity contribution in [3.8, 4) is 0 Å². The molecule has 7 heteroatoms. The highest BCUT2D eigenvalue weighted by Crippen LogP contribution is 2.24. The molecule has 1 atom stereocenters. The molecule has 3 N–H and O–H groups in total. The topological polar surface area (TPSA) is 70.2 Å². The molecular weight excluding hydrogens is 414 g/mol. The van der Waals surface area contributed by atoms with E-state index in [9.17, 15) is 9.59 Å². The molecule has 0 bridgehead atoms. The number of amides is 2. The molecule has 2 aromatic carbocycles. The van der Waals surface area contributed by atoms with Crippen molar-refractivity contribution >= 4 is 45.2 Å². The van der Waals surface area contributed by atoms with Crippen LogP contribution in [0.15, 0.2) is 51.8 Å². The van der Waals surface area contributed by atoms with Crippen LogP contribution in [0.4, 0.5) is 5.69 Å². The maximum atomic E-state index is 12.1. The summed E-state index contributed by atoms with van der Waals surface area (Å²) >= 11 is 4.80. The normalized spacial score (nSPS) is 11.5. The standard InChI is InChI=1S/C19H22BrN3O2S/c1-12-4-9-17(13(2)10-12)21-11-18(24)22-23-19(25)14(3)26-16-7-5-15(20)6-8-16/h4-10,14,21H,11H2,1-3H3,(H,22,24)(H,23,25). The molecule has 5 nitrogen and oxygen atoms in total. The third kappa shape index (κ3) is 6.38. The van der Waals surface area contributed by atoms with Gasteiger partial charge >= 0.3 is 0 Å². The van der Waals surface area contributed by atoms with Gasteiger partial charge in [0.05, 0.1) is 11.8 Å². The van der Waals surface area contributed by atoms with Crippen LogP contribution in [-0.2, 0) is 9.59 Å². The summed E-state index contributed by atoms with van der Waals surface area (Å²) in [7, 11) is 0. The average Bonchev–Trinajstić information content (AvgIpc) is 2.60. The Labute approximate surface area is 166 Å². The number of aryl methyl sites for hydroxylation is 2. The van der Waals surface area contributed by atoms with Crippen LogP contribution in [0.1, 0.15) is 18.1 Å². The Morgan fingerprint density at radius 1 is 1.08 bits per heavy atom. The van der Waals surface area contributed by atoms with Crippen LogP contribution in [0.5, 0.6) is 0 Å². The van der Waals surface area contributed by atoms with E-state index in [2.05, 4.69) is 32.1 Å². The van der Waals surface area contributed by atoms with Gasteiger partial charge < -0.3 is 5.32 Å². The highest BCUT2D eigenvalue weighted by molar-refractivity contribution is 9.10. The first-order chi connectivity index (χ1) is 12.3. The van der Waals surface area contributed by atoms with E-state index in [0.717, 1.165) is 20.6 Å². The molecule has 2 aromatic rings. The number of hydrazine groups is 1. The number of carbonyl (C=O) groups excluding carboxylic acids is 2. The molecule has 2 rings (SSSR count). The van der Waals surface area contributed by atoms with Gasteiger partial charge in [-0.25, -0.2) is 0 Å². The van der Waals surface area contributed by atoms with Crippen molar-refractivity contribution in [2.75, 3.05) is 11.9 Å². The summed E-state index contributed by atoms with van der Waals surface area (Å²) in [5, 5.41) is 2.74. The first-order valence-corrected chi connectivity index (χ1v) is 9.84. The zero-order valence-electron chi connectivity index (χ0n) is 14.9. The molecule has 1 unspecified atom stereocenters. The predicted molar refractivity (Wildman–Crippen MR) is 110 cm³/mol. The zero-order chi connectivity index (χ0) is 19.1. The second-order valence-corrected chi connectivity index (χ2v) is 8.25. The van der Waals surface area contributed by atoms with Gasteiger partial charge in [0.2, 0.25) is 0 Å². The monoisotopic (exact) mass is 435 g/mol. The lowest BCUT2D eigenvalue weighted by molar-refractivity contribution is -0.127. The summed E-state index contributed by atoms with van der Waals surface area (Å²) < 4.78 is 0.988. The molecule has 2 amide bonds. The molecule has 0 heterocycles. The third-order valence-electron chi connectivity index (χ3n) is 3.64. The highest BCUT2D eigenvalue weighted by atomic mass is 79.9. The number of nitrogens with one attached hydrogen (secondary N) is 3. The number of halogens is 1. The number of anilines is 1. The van der Waals surface area contributed by atoms with Gasteiger partial charge in [0.25, 0.3) is 11.8 Å². The Balaban J connectivity index is 1.75. The number of thioether (sulfide) groups is 1. The van der Waals surface area contributed by atoms with Crippen LogP contribution in [0, 0.1) is 13.8 Å². The minimum absolute atomic E-state index is 0.0818. The minimum atomic E-state index is -0.330. The molecule has 0 aliphatic carbocycles. The van der Waals surface area contributed by atoms with Crippen molar-refractivity contribution in [1.82, 2.24) is 10.9 Å². The Kier molecular flexibility index (Phi) is 7.53. The Hall–Kier alpha value is -1.99. The van der Waals surface area contributed by atoms with Crippen molar-refractivity contribution in [2.45, 2.75) is 30.9 Å². The third-order valence-corrected chi connectivity index (χ3v) is 5.28. The fraction of sp³-hybridized carbons (Fsp3) is 0.263. The van der Waals surface area contributed by atoms with E-state index in [-0.39, 0.29) is 23.6 Å². The van der Waals surface area contributed by atoms with E-state index < -0.39 is 0 Å². The van der Waals surface area contributed by atoms with Gasteiger partial charge in [0, 0.05) is 15.1 Å². The molecule has 0 saturated carbocycles. The number of rotatable bonds is 6. The first kappa shape index (κ1) is 20.3. The molecule has 0 spiro atoms. The van der Waals surface area contributed by atoms with Gasteiger partial charge in [-0.1, -0.05) is 33.6 Å². The van der Waals surface area contributed by atoms with E-state index >= 15 is 0 Å². The Morgan fingerprint density at radius 2 is 1.77 bits per heavy atom. The predicted octanol–water partition coefficient (Wildman–Crippen LogP) is 3.81. The number of hydrogen-bond donors (Lipinski definition) is 3. The lowest BCUT2D eigenvalue weighted by Gasteiger charge is -2.14. The summed E-state index contributed by atoms with van der Waals surface area (Å²) in [6.07, 6.45) is 0. The molecule has 26 heavy (non-hydrogen) atoms. The second-order valence-electron chi connectivity index (χ2n) is 5.92. The average molecular weight is 436 g/mol. The van der Waals surface area contributed by atoms with Crippen LogP contribution in [0.25, 0.3) is 0 Å². The lowest BCUT2D eigenvalue weighted by Crippen LogP contribution is -2.46. The molecule has 0 fully saturated rings. The SMILES string of the molecule is Cc1ccc(NCC(=O)NNC(=O)C(C)Sc2ccc(Br)cc2)c(C)c1. The molecule has 0 saturated heterocycles. The molecule has 0 radical (unpaired) electrons. The van der Waals surface area contributed by atoms with Crippen LogP contribution >= 0.6 is 27.7 Å². The summed E-state index contributed by atoms with van der Waals surface area (Å²) in [6.45, 7) is 5.88. The first-order valence-electron chi connectivity index (χ1n) is 8.17. The van der Waals surface area contributed by atoms with Gasteiger partial charge in [0.15, 0.2) is 0 Å². The smallest absolute Gasteiger partial charge is 0.257 e. The van der Waals surface area contributed by atoms with E-state index in [1.807, 2.05) is 56.3 Å². The molecular formula is C19H22BrN3O2S. The molecule has 0 aliphatic heterocycles. The largest absolute Gasteiger partial charge is 0.376 e. The fourth-order valence-corrected chi connectivity index (χ4v) is 3.37. The zero-order valence-corrected chi connectivity index (χ0v) is 17.3. The quantitative estimate of drug-likeness (QED) is 0.476. The van der Waals surface area contributed by atoms with Crippen LogP contribution in [-0.4, -0.2) is 23.6 Å². The maximum Gasteiger partial charge on any atom is 0.257 e. The van der Waals surface area contributed by atoms with Gasteiger partial charge in [-0.15, -0.1) is 11.8 Å². The van der Waals surface area contributed by atoms with Crippen molar-refractivity contribution in [3.63, 3.8) is 0 Å². The number of benzene rings is 2. The van der Waals surface area contributed by atoms with Crippen molar-refractivity contribution in [1.29, 1.82) is 0 Å². The van der Waals surface area contributed by atoms with Crippen LogP contribution in [0.3, 0.4) is 0 Å². The maximum absolute atomic E-state index is 12.1. The van der Waals surface area contributed by atoms with Gasteiger partial charge in [-0.05, 0) is 56.7 Å². The van der Waals surface area contributed by atoms with E-state index in [4.69, 9.17) is 0 Å². The second kappa shape index (κ2) is 9.64. The summed E-state index contributed by atoms with van der Waals surface area (Å²) in [5.74, 6) is -0.558. The summed E-state index contributed by atoms with van der Waals surface area (Å²) in [4.78, 5) is 25.0. The van der Waals surface area contributed by atoms with Gasteiger partial charge in [-0.3, -0.25) is 20.4 Å². The van der Waals surface area contributed by atoms with E-state index in [1.54, 1.807) is 6.92 Å². The molecule has 138 valence electrons. The lowest BCUT2D eigenvalue weighted by atomic mass is 10.1. The minimum Gasteiger partial charge on any atom is -0.376 e. The van der Waals surface area contributed by atoms with Crippen molar-refractivity contribution in [3.05, 3.63) is 58.1 Å². The van der Waals surface area contributed by atoms with Crippen LogP contribution in [0.2, 0.25) is 0 Å². The van der Waals surface area contributed by atoms with Crippen molar-refractivity contribution < 1.29 is 9.59 Å². The Bertz CT molecular complexity index is 781. The van der Waals surface area contributed by atoms with E-state index in [1.165, 1.54) is 17.3 Å². The van der Waals surface area contributed by atoms with E-state index in [0.29, 0.717) is 0 Å². The number of hydrogen-bond acceptors (Lipinski definition) is 4. The molecule has 0 aromatic heterocycles. The fourth-order valence-electron chi connectivity index (χ4n) is 2.24. The summed E-state index contributed by atoms with van der Waals surface area (Å²) in [6, 6.07) is 13.7. The van der Waals surface area contributed by atoms with Crippen LogP contribution < -0.4 is 16.2 Å². The number of carbonyl (C=O) groups is 2. The summed E-state index contributed by atoms with van der Waals surface area (Å²) in [5.41, 5.74) is 8.04. The molecule has 0 aliphatic rings.